The Morgan fingerprint density at radius 3 is 2.37 bits per heavy atom. The standard InChI is InChI=1S/C28H30N2/c1-2-10-19-27(20-11-3-1)29-30-28(26-17-8-5-9-18-26)22-13-12-16-25(21-23-28)24-14-6-4-7-15-24/h4-9,14-15,17-18,25,27H,1-3,10,12-13,16,19,22H2. The average Bonchev–Trinajstić information content (AvgIpc) is 2.76. The van der Waals surface area contributed by atoms with Crippen LogP contribution in [-0.2, 0) is 5.54 Å². The van der Waals surface area contributed by atoms with Crippen LogP contribution >= 0.6 is 0 Å². The highest BCUT2D eigenvalue weighted by molar-refractivity contribution is 5.38. The van der Waals surface area contributed by atoms with Gasteiger partial charge in [-0.2, -0.15) is 10.2 Å². The van der Waals surface area contributed by atoms with Gasteiger partial charge < -0.3 is 0 Å². The number of nitrogens with zero attached hydrogens (tertiary/aromatic N) is 2. The van der Waals surface area contributed by atoms with Crippen LogP contribution in [-0.4, -0.2) is 6.04 Å². The molecule has 0 spiro atoms. The molecule has 3 atom stereocenters. The van der Waals surface area contributed by atoms with Gasteiger partial charge in [0, 0.05) is 12.3 Å². The Bertz CT molecular complexity index is 956. The highest BCUT2D eigenvalue weighted by atomic mass is 15.2. The molecule has 3 unspecified atom stereocenters. The topological polar surface area (TPSA) is 24.7 Å². The van der Waals surface area contributed by atoms with Crippen molar-refractivity contribution in [1.29, 1.82) is 0 Å². The van der Waals surface area contributed by atoms with Crippen LogP contribution in [0.2, 0.25) is 0 Å². The van der Waals surface area contributed by atoms with Crippen LogP contribution in [0, 0.1) is 23.7 Å². The van der Waals surface area contributed by atoms with Crippen LogP contribution in [0.15, 0.2) is 70.9 Å². The fourth-order valence-corrected chi connectivity index (χ4v) is 4.31. The van der Waals surface area contributed by atoms with Gasteiger partial charge >= 0.3 is 0 Å². The molecule has 2 aliphatic rings. The Balaban J connectivity index is 1.70. The van der Waals surface area contributed by atoms with Gasteiger partial charge in [0.2, 0.25) is 0 Å². The van der Waals surface area contributed by atoms with Crippen LogP contribution in [0.25, 0.3) is 0 Å². The molecular weight excluding hydrogens is 364 g/mol. The van der Waals surface area contributed by atoms with Gasteiger partial charge in [-0.25, -0.2) is 0 Å². The summed E-state index contributed by atoms with van der Waals surface area (Å²) >= 11 is 0. The fourth-order valence-electron chi connectivity index (χ4n) is 4.31. The second-order valence-electron chi connectivity index (χ2n) is 8.36. The van der Waals surface area contributed by atoms with E-state index in [2.05, 4.69) is 84.3 Å². The van der Waals surface area contributed by atoms with Crippen molar-refractivity contribution in [2.45, 2.75) is 75.3 Å². The molecule has 0 bridgehead atoms. The first-order chi connectivity index (χ1) is 14.9. The average molecular weight is 395 g/mol. The third-order valence-corrected chi connectivity index (χ3v) is 6.10. The van der Waals surface area contributed by atoms with E-state index < -0.39 is 5.54 Å². The molecule has 152 valence electrons. The molecule has 2 aromatic rings. The lowest BCUT2D eigenvalue weighted by molar-refractivity contribution is 0.445. The molecule has 0 aliphatic heterocycles. The molecule has 0 N–H and O–H groups in total. The Hall–Kier alpha value is -2.84. The molecule has 4 rings (SSSR count). The number of rotatable bonds is 4. The summed E-state index contributed by atoms with van der Waals surface area (Å²) in [4.78, 5) is 0. The van der Waals surface area contributed by atoms with Crippen LogP contribution in [0.5, 0.6) is 0 Å². The normalized spacial score (nSPS) is 26.8. The lowest BCUT2D eigenvalue weighted by atomic mass is 9.82. The van der Waals surface area contributed by atoms with E-state index in [9.17, 15) is 0 Å². The van der Waals surface area contributed by atoms with Crippen LogP contribution in [0.3, 0.4) is 0 Å². The van der Waals surface area contributed by atoms with E-state index >= 15 is 0 Å². The van der Waals surface area contributed by atoms with Gasteiger partial charge in [-0.3, -0.25) is 0 Å². The van der Waals surface area contributed by atoms with Gasteiger partial charge in [0.05, 0.1) is 0 Å². The van der Waals surface area contributed by atoms with Crippen molar-refractivity contribution in [2.24, 2.45) is 10.2 Å². The third kappa shape index (κ3) is 5.20. The highest BCUT2D eigenvalue weighted by Gasteiger charge is 2.31. The zero-order chi connectivity index (χ0) is 20.5. The first kappa shape index (κ1) is 20.4. The summed E-state index contributed by atoms with van der Waals surface area (Å²) in [6, 6.07) is 21.2. The maximum absolute atomic E-state index is 4.96. The SMILES string of the molecule is C1#CC(N=NC2(c3ccccc3)C#CC(c3ccccc3)CCCC2)CCCCC1. The van der Waals surface area contributed by atoms with Gasteiger partial charge in [0.1, 0.15) is 6.04 Å². The Morgan fingerprint density at radius 1 is 0.767 bits per heavy atom. The van der Waals surface area contributed by atoms with Crippen molar-refractivity contribution in [2.75, 3.05) is 0 Å². The van der Waals surface area contributed by atoms with Crippen molar-refractivity contribution >= 4 is 0 Å². The maximum atomic E-state index is 4.96. The molecule has 0 heterocycles. The van der Waals surface area contributed by atoms with Crippen LogP contribution < -0.4 is 0 Å². The van der Waals surface area contributed by atoms with Crippen molar-refractivity contribution in [3.63, 3.8) is 0 Å². The molecule has 2 nitrogen and oxygen atoms in total. The maximum Gasteiger partial charge on any atom is 0.166 e. The zero-order valence-electron chi connectivity index (χ0n) is 17.7. The quantitative estimate of drug-likeness (QED) is 0.393. The largest absolute Gasteiger partial charge is 0.176 e. The summed E-state index contributed by atoms with van der Waals surface area (Å²) in [5.41, 5.74) is 1.88. The lowest BCUT2D eigenvalue weighted by Crippen LogP contribution is -2.23. The van der Waals surface area contributed by atoms with Crippen molar-refractivity contribution in [3.8, 4) is 23.7 Å². The van der Waals surface area contributed by atoms with Gasteiger partial charge in [-0.05, 0) is 43.2 Å². The Labute approximate surface area is 181 Å². The second-order valence-corrected chi connectivity index (χ2v) is 8.36. The van der Waals surface area contributed by atoms with E-state index in [0.717, 1.165) is 44.1 Å². The molecule has 30 heavy (non-hydrogen) atoms. The third-order valence-electron chi connectivity index (χ3n) is 6.10. The molecule has 2 aliphatic carbocycles. The van der Waals surface area contributed by atoms with Crippen LogP contribution in [0.4, 0.5) is 0 Å². The molecule has 0 saturated carbocycles. The highest BCUT2D eigenvalue weighted by Crippen LogP contribution is 2.36. The van der Waals surface area contributed by atoms with E-state index in [-0.39, 0.29) is 12.0 Å². The zero-order valence-corrected chi connectivity index (χ0v) is 17.7. The minimum Gasteiger partial charge on any atom is -0.176 e. The number of benzene rings is 2. The fraction of sp³-hybridized carbons (Fsp3) is 0.429. The second kappa shape index (κ2) is 10.3. The number of hydrogen-bond donors (Lipinski definition) is 0. The minimum absolute atomic E-state index is 0.00282. The molecule has 0 fully saturated rings. The van der Waals surface area contributed by atoms with Gasteiger partial charge in [-0.1, -0.05) is 97.7 Å². The van der Waals surface area contributed by atoms with E-state index in [1.807, 2.05) is 0 Å². The molecule has 0 radical (unpaired) electrons. The van der Waals surface area contributed by atoms with Crippen molar-refractivity contribution < 1.29 is 0 Å². The lowest BCUT2D eigenvalue weighted by Gasteiger charge is -2.26. The van der Waals surface area contributed by atoms with E-state index in [1.54, 1.807) is 0 Å². The number of hydrogen-bond acceptors (Lipinski definition) is 2. The van der Waals surface area contributed by atoms with Crippen molar-refractivity contribution in [3.05, 3.63) is 71.8 Å². The smallest absolute Gasteiger partial charge is 0.166 e. The predicted octanol–water partition coefficient (Wildman–Crippen LogP) is 7.03. The summed E-state index contributed by atoms with van der Waals surface area (Å²) in [5.74, 6) is 14.1. The molecule has 0 aromatic heterocycles. The first-order valence-electron chi connectivity index (χ1n) is 11.4. The minimum atomic E-state index is -0.571. The van der Waals surface area contributed by atoms with Crippen LogP contribution in [0.1, 0.15) is 74.8 Å². The molecular formula is C28H30N2. The summed E-state index contributed by atoms with van der Waals surface area (Å²) in [6.45, 7) is 0. The monoisotopic (exact) mass is 394 g/mol. The van der Waals surface area contributed by atoms with Gasteiger partial charge in [0.15, 0.2) is 5.54 Å². The summed E-state index contributed by atoms with van der Waals surface area (Å²) in [7, 11) is 0. The first-order valence-corrected chi connectivity index (χ1v) is 11.4. The molecule has 0 saturated heterocycles. The van der Waals surface area contributed by atoms with Gasteiger partial charge in [-0.15, -0.1) is 5.92 Å². The van der Waals surface area contributed by atoms with Crippen molar-refractivity contribution in [1.82, 2.24) is 0 Å². The van der Waals surface area contributed by atoms with E-state index in [4.69, 9.17) is 10.2 Å². The molecule has 2 heteroatoms. The Morgan fingerprint density at radius 2 is 1.53 bits per heavy atom. The number of azo groups is 1. The Kier molecular flexibility index (Phi) is 6.99. The van der Waals surface area contributed by atoms with Gasteiger partial charge in [0.25, 0.3) is 0 Å². The molecule has 2 aromatic carbocycles. The molecule has 0 amide bonds. The summed E-state index contributed by atoms with van der Waals surface area (Å²) < 4.78 is 0. The van der Waals surface area contributed by atoms with E-state index in [1.165, 1.54) is 24.8 Å². The predicted molar refractivity (Wildman–Crippen MR) is 123 cm³/mol. The summed E-state index contributed by atoms with van der Waals surface area (Å²) in [5, 5.41) is 9.74. The summed E-state index contributed by atoms with van der Waals surface area (Å²) in [6.07, 6.45) is 9.88. The van der Waals surface area contributed by atoms with E-state index in [0.29, 0.717) is 0 Å².